The van der Waals surface area contributed by atoms with Crippen molar-refractivity contribution < 1.29 is 8.42 Å². The molecule has 0 aromatic heterocycles. The van der Waals surface area contributed by atoms with Crippen molar-refractivity contribution in [3.8, 4) is 0 Å². The molecule has 170 valence electrons. The molecule has 0 amide bonds. The average molecular weight is 557 g/mol. The number of nitrogens with zero attached hydrogens (tertiary/aromatic N) is 2. The fourth-order valence-corrected chi connectivity index (χ4v) is 5.11. The summed E-state index contributed by atoms with van der Waals surface area (Å²) in [6.07, 6.45) is 2.99. The highest BCUT2D eigenvalue weighted by Crippen LogP contribution is 2.20. The predicted octanol–water partition coefficient (Wildman–Crippen LogP) is 3.95. The van der Waals surface area contributed by atoms with Crippen LogP contribution in [0.25, 0.3) is 0 Å². The smallest absolute Gasteiger partial charge is 0.243 e. The quantitative estimate of drug-likeness (QED) is 0.308. The van der Waals surface area contributed by atoms with Crippen LogP contribution in [0.3, 0.4) is 0 Å². The monoisotopic (exact) mass is 556 g/mol. The molecule has 6 nitrogen and oxygen atoms in total. The molecule has 8 heteroatoms. The lowest BCUT2D eigenvalue weighted by Gasteiger charge is -2.25. The van der Waals surface area contributed by atoms with Gasteiger partial charge in [-0.1, -0.05) is 55.8 Å². The van der Waals surface area contributed by atoms with E-state index in [1.807, 2.05) is 30.3 Å². The molecule has 1 fully saturated rings. The lowest BCUT2D eigenvalue weighted by atomic mass is 10.0. The highest BCUT2D eigenvalue weighted by molar-refractivity contribution is 14.0. The largest absolute Gasteiger partial charge is 0.356 e. The second kappa shape index (κ2) is 12.4. The molecule has 0 aliphatic carbocycles. The first-order valence-corrected chi connectivity index (χ1v) is 12.0. The van der Waals surface area contributed by atoms with Crippen molar-refractivity contribution in [2.75, 3.05) is 26.7 Å². The van der Waals surface area contributed by atoms with E-state index in [1.165, 1.54) is 5.56 Å². The number of guanidine groups is 1. The van der Waals surface area contributed by atoms with Crippen molar-refractivity contribution in [2.24, 2.45) is 4.99 Å². The van der Waals surface area contributed by atoms with Crippen molar-refractivity contribution in [3.05, 3.63) is 65.7 Å². The first-order chi connectivity index (χ1) is 14.5. The van der Waals surface area contributed by atoms with Crippen molar-refractivity contribution in [1.29, 1.82) is 0 Å². The summed E-state index contributed by atoms with van der Waals surface area (Å²) in [6, 6.07) is 17.5. The number of rotatable bonds is 7. The predicted molar refractivity (Wildman–Crippen MR) is 138 cm³/mol. The molecule has 1 aliphatic rings. The zero-order chi connectivity index (χ0) is 21.4. The van der Waals surface area contributed by atoms with Gasteiger partial charge >= 0.3 is 0 Å². The Hall–Kier alpha value is -1.65. The van der Waals surface area contributed by atoms with Gasteiger partial charge in [0.25, 0.3) is 0 Å². The minimum atomic E-state index is -3.38. The third-order valence-corrected chi connectivity index (χ3v) is 7.42. The van der Waals surface area contributed by atoms with Crippen molar-refractivity contribution >= 4 is 40.0 Å². The van der Waals surface area contributed by atoms with Gasteiger partial charge in [0.15, 0.2) is 5.96 Å². The molecular formula is C23H33IN4O2S. The number of sulfonamides is 1. The molecule has 0 bridgehead atoms. The Balaban J connectivity index is 0.00000341. The number of halogens is 1. The number of aliphatic imine (C=N–C) groups is 1. The van der Waals surface area contributed by atoms with Gasteiger partial charge < -0.3 is 10.6 Å². The minimum Gasteiger partial charge on any atom is -0.356 e. The Morgan fingerprint density at radius 2 is 1.65 bits per heavy atom. The molecule has 2 aromatic carbocycles. The van der Waals surface area contributed by atoms with E-state index < -0.39 is 10.0 Å². The molecule has 1 aliphatic heterocycles. The fraction of sp³-hybridized carbons (Fsp3) is 0.435. The first-order valence-electron chi connectivity index (χ1n) is 10.6. The third-order valence-electron chi connectivity index (χ3n) is 5.50. The molecule has 3 rings (SSSR count). The summed E-state index contributed by atoms with van der Waals surface area (Å²) in [6.45, 7) is 4.77. The van der Waals surface area contributed by atoms with E-state index in [2.05, 4.69) is 34.7 Å². The summed E-state index contributed by atoms with van der Waals surface area (Å²) in [7, 11) is -1.64. The maximum absolute atomic E-state index is 12.8. The zero-order valence-corrected chi connectivity index (χ0v) is 21.4. The van der Waals surface area contributed by atoms with Gasteiger partial charge in [-0.3, -0.25) is 4.99 Å². The van der Waals surface area contributed by atoms with Gasteiger partial charge in [-0.15, -0.1) is 24.0 Å². The van der Waals surface area contributed by atoms with Gasteiger partial charge in [0, 0.05) is 33.2 Å². The minimum absolute atomic E-state index is 0. The van der Waals surface area contributed by atoms with Crippen LogP contribution in [0, 0.1) is 0 Å². The number of piperidine rings is 1. The van der Waals surface area contributed by atoms with Crippen molar-refractivity contribution in [2.45, 2.75) is 43.5 Å². The molecule has 1 saturated heterocycles. The maximum Gasteiger partial charge on any atom is 0.243 e. The van der Waals surface area contributed by atoms with E-state index in [-0.39, 0.29) is 24.0 Å². The lowest BCUT2D eigenvalue weighted by Crippen LogP contribution is -2.38. The summed E-state index contributed by atoms with van der Waals surface area (Å²) in [5.74, 6) is 1.09. The molecule has 2 aromatic rings. The molecular weight excluding hydrogens is 523 g/mol. The van der Waals surface area contributed by atoms with Crippen LogP contribution in [0.1, 0.15) is 43.2 Å². The SMILES string of the molecule is CN=C(NCc1ccc(S(=O)(=O)N2CCCCC2)cc1)NCC(C)c1ccccc1.I. The third kappa shape index (κ3) is 7.18. The van der Waals surface area contributed by atoms with Crippen LogP contribution in [0.5, 0.6) is 0 Å². The number of nitrogens with one attached hydrogen (secondary N) is 2. The van der Waals surface area contributed by atoms with Crippen molar-refractivity contribution in [1.82, 2.24) is 14.9 Å². The maximum atomic E-state index is 12.8. The van der Waals surface area contributed by atoms with Gasteiger partial charge in [-0.2, -0.15) is 4.31 Å². The van der Waals surface area contributed by atoms with E-state index in [0.29, 0.717) is 30.4 Å². The molecule has 1 atom stereocenters. The van der Waals surface area contributed by atoms with Gasteiger partial charge in [-0.05, 0) is 42.0 Å². The van der Waals surface area contributed by atoms with Crippen LogP contribution in [0.4, 0.5) is 0 Å². The molecule has 31 heavy (non-hydrogen) atoms. The summed E-state index contributed by atoms with van der Waals surface area (Å²) in [5.41, 5.74) is 2.29. The van der Waals surface area contributed by atoms with Gasteiger partial charge in [-0.25, -0.2) is 8.42 Å². The van der Waals surface area contributed by atoms with Gasteiger partial charge in [0.1, 0.15) is 0 Å². The van der Waals surface area contributed by atoms with Crippen molar-refractivity contribution in [3.63, 3.8) is 0 Å². The molecule has 1 heterocycles. The highest BCUT2D eigenvalue weighted by atomic mass is 127. The highest BCUT2D eigenvalue weighted by Gasteiger charge is 2.25. The van der Waals surface area contributed by atoms with Crippen LogP contribution >= 0.6 is 24.0 Å². The molecule has 1 unspecified atom stereocenters. The number of benzene rings is 2. The van der Waals surface area contributed by atoms with Crippen LogP contribution in [0.15, 0.2) is 64.5 Å². The summed E-state index contributed by atoms with van der Waals surface area (Å²) < 4.78 is 27.1. The van der Waals surface area contributed by atoms with E-state index >= 15 is 0 Å². The zero-order valence-electron chi connectivity index (χ0n) is 18.3. The lowest BCUT2D eigenvalue weighted by molar-refractivity contribution is 0.346. The number of hydrogen-bond donors (Lipinski definition) is 2. The Morgan fingerprint density at radius 1 is 1.00 bits per heavy atom. The topological polar surface area (TPSA) is 73.8 Å². The fourth-order valence-electron chi connectivity index (χ4n) is 3.59. The summed E-state index contributed by atoms with van der Waals surface area (Å²) >= 11 is 0. The molecule has 2 N–H and O–H groups in total. The van der Waals surface area contributed by atoms with Crippen LogP contribution < -0.4 is 10.6 Å². The van der Waals surface area contributed by atoms with E-state index in [1.54, 1.807) is 23.5 Å². The van der Waals surface area contributed by atoms with Gasteiger partial charge in [0.2, 0.25) is 10.0 Å². The van der Waals surface area contributed by atoms with E-state index in [0.717, 1.165) is 37.3 Å². The normalized spacial score (nSPS) is 16.3. The summed E-state index contributed by atoms with van der Waals surface area (Å²) in [5, 5.41) is 6.65. The molecule has 0 radical (unpaired) electrons. The Morgan fingerprint density at radius 3 is 2.26 bits per heavy atom. The molecule has 0 saturated carbocycles. The second-order valence-electron chi connectivity index (χ2n) is 7.73. The molecule has 0 spiro atoms. The Kier molecular flexibility index (Phi) is 10.2. The van der Waals surface area contributed by atoms with E-state index in [9.17, 15) is 8.42 Å². The van der Waals surface area contributed by atoms with Crippen LogP contribution in [-0.4, -0.2) is 45.4 Å². The first kappa shape index (κ1) is 25.6. The standard InChI is InChI=1S/C23H32N4O2S.HI/c1-19(21-9-5-3-6-10-21)17-25-23(24-2)26-18-20-11-13-22(14-12-20)30(28,29)27-15-7-4-8-16-27;/h3,5-6,9-14,19H,4,7-8,15-18H2,1-2H3,(H2,24,25,26);1H. The van der Waals surface area contributed by atoms with Gasteiger partial charge in [0.05, 0.1) is 4.90 Å². The van der Waals surface area contributed by atoms with Crippen LogP contribution in [0.2, 0.25) is 0 Å². The average Bonchev–Trinajstić information content (AvgIpc) is 2.80. The Bertz CT molecular complexity index is 928. The second-order valence-corrected chi connectivity index (χ2v) is 9.67. The van der Waals surface area contributed by atoms with E-state index in [4.69, 9.17) is 0 Å². The summed E-state index contributed by atoms with van der Waals surface area (Å²) in [4.78, 5) is 4.65. The van der Waals surface area contributed by atoms with Crippen LogP contribution in [-0.2, 0) is 16.6 Å². The number of hydrogen-bond acceptors (Lipinski definition) is 3. The Labute approximate surface area is 203 Å².